The fourth-order valence-corrected chi connectivity index (χ4v) is 2.95. The van der Waals surface area contributed by atoms with Crippen molar-refractivity contribution in [3.05, 3.63) is 65.2 Å². The maximum Gasteiger partial charge on any atom is 0.327 e. The predicted molar refractivity (Wildman–Crippen MR) is 83.4 cm³/mol. The molecule has 114 valence electrons. The van der Waals surface area contributed by atoms with Crippen LogP contribution in [0.25, 0.3) is 0 Å². The summed E-state index contributed by atoms with van der Waals surface area (Å²) in [5.74, 6) is 0.622. The second-order valence-electron chi connectivity index (χ2n) is 5.38. The molecule has 0 saturated heterocycles. The number of fused-ring (bicyclic) bond motifs is 1. The van der Waals surface area contributed by atoms with Gasteiger partial charge in [0.25, 0.3) is 0 Å². The number of hydrogen-bond acceptors (Lipinski definition) is 4. The Morgan fingerprint density at radius 3 is 2.55 bits per heavy atom. The molecule has 1 aliphatic rings. The van der Waals surface area contributed by atoms with Crippen molar-refractivity contribution < 1.29 is 14.3 Å². The number of benzene rings is 2. The zero-order chi connectivity index (χ0) is 15.5. The Hall–Kier alpha value is -2.33. The van der Waals surface area contributed by atoms with E-state index in [-0.39, 0.29) is 12.0 Å². The number of ether oxygens (including phenoxy) is 2. The van der Waals surface area contributed by atoms with E-state index in [0.29, 0.717) is 6.54 Å². The second kappa shape index (κ2) is 6.20. The summed E-state index contributed by atoms with van der Waals surface area (Å²) in [5.41, 5.74) is 3.37. The van der Waals surface area contributed by atoms with Crippen molar-refractivity contribution in [1.29, 1.82) is 0 Å². The summed E-state index contributed by atoms with van der Waals surface area (Å²) in [6.45, 7) is 1.44. The topological polar surface area (TPSA) is 38.8 Å². The minimum atomic E-state index is -0.330. The Kier molecular flexibility index (Phi) is 4.11. The molecule has 0 bridgehead atoms. The van der Waals surface area contributed by atoms with Crippen molar-refractivity contribution >= 4 is 5.97 Å². The van der Waals surface area contributed by atoms with Gasteiger partial charge in [0.05, 0.1) is 14.2 Å². The van der Waals surface area contributed by atoms with Gasteiger partial charge in [0.1, 0.15) is 11.8 Å². The number of esters is 1. The van der Waals surface area contributed by atoms with Crippen LogP contribution in [0.5, 0.6) is 5.75 Å². The lowest BCUT2D eigenvalue weighted by atomic mass is 10.1. The van der Waals surface area contributed by atoms with E-state index in [9.17, 15) is 4.79 Å². The van der Waals surface area contributed by atoms with Gasteiger partial charge in [-0.15, -0.1) is 0 Å². The average Bonchev–Trinajstić information content (AvgIpc) is 2.92. The Morgan fingerprint density at radius 2 is 1.86 bits per heavy atom. The van der Waals surface area contributed by atoms with Gasteiger partial charge in [-0.1, -0.05) is 36.4 Å². The van der Waals surface area contributed by atoms with Crippen molar-refractivity contribution in [2.45, 2.75) is 19.1 Å². The first kappa shape index (κ1) is 14.6. The molecule has 0 amide bonds. The van der Waals surface area contributed by atoms with Gasteiger partial charge >= 0.3 is 5.97 Å². The standard InChI is InChI=1S/C18H19NO3/c1-21-15-9-7-13(8-10-15)11-19-12-14-5-3-4-6-16(14)17(19)18(20)22-2/h3-10,17H,11-12H2,1-2H3. The van der Waals surface area contributed by atoms with E-state index >= 15 is 0 Å². The molecular formula is C18H19NO3. The third-order valence-corrected chi connectivity index (χ3v) is 4.06. The fraction of sp³-hybridized carbons (Fsp3) is 0.278. The van der Waals surface area contributed by atoms with Gasteiger partial charge in [0, 0.05) is 13.1 Å². The van der Waals surface area contributed by atoms with Crippen molar-refractivity contribution in [3.63, 3.8) is 0 Å². The smallest absolute Gasteiger partial charge is 0.327 e. The normalized spacial score (nSPS) is 17.1. The molecule has 2 aromatic rings. The van der Waals surface area contributed by atoms with Gasteiger partial charge in [-0.2, -0.15) is 0 Å². The maximum absolute atomic E-state index is 12.2. The third-order valence-electron chi connectivity index (χ3n) is 4.06. The molecular weight excluding hydrogens is 278 g/mol. The van der Waals surface area contributed by atoms with Crippen LogP contribution in [-0.2, 0) is 22.6 Å². The van der Waals surface area contributed by atoms with Crippen LogP contribution in [-0.4, -0.2) is 25.1 Å². The minimum Gasteiger partial charge on any atom is -0.497 e. The monoisotopic (exact) mass is 297 g/mol. The molecule has 0 aromatic heterocycles. The molecule has 1 atom stereocenters. The van der Waals surface area contributed by atoms with Crippen LogP contribution in [0, 0.1) is 0 Å². The van der Waals surface area contributed by atoms with Crippen LogP contribution in [0.4, 0.5) is 0 Å². The molecule has 22 heavy (non-hydrogen) atoms. The quantitative estimate of drug-likeness (QED) is 0.813. The summed E-state index contributed by atoms with van der Waals surface area (Å²) in [6, 6.07) is 15.6. The van der Waals surface area contributed by atoms with E-state index in [1.807, 2.05) is 42.5 Å². The van der Waals surface area contributed by atoms with Crippen molar-refractivity contribution in [2.24, 2.45) is 0 Å². The Morgan fingerprint density at radius 1 is 1.14 bits per heavy atom. The van der Waals surface area contributed by atoms with Crippen molar-refractivity contribution in [3.8, 4) is 5.75 Å². The lowest BCUT2D eigenvalue weighted by Crippen LogP contribution is -2.28. The molecule has 0 N–H and O–H groups in total. The minimum absolute atomic E-state index is 0.210. The summed E-state index contributed by atoms with van der Waals surface area (Å²) >= 11 is 0. The van der Waals surface area contributed by atoms with Crippen LogP contribution in [0.15, 0.2) is 48.5 Å². The van der Waals surface area contributed by atoms with Gasteiger partial charge in [-0.25, -0.2) is 4.79 Å². The highest BCUT2D eigenvalue weighted by Crippen LogP contribution is 2.35. The Balaban J connectivity index is 1.84. The zero-order valence-corrected chi connectivity index (χ0v) is 12.8. The molecule has 1 heterocycles. The second-order valence-corrected chi connectivity index (χ2v) is 5.38. The molecule has 0 spiro atoms. The van der Waals surface area contributed by atoms with Crippen molar-refractivity contribution in [1.82, 2.24) is 4.90 Å². The highest BCUT2D eigenvalue weighted by molar-refractivity contribution is 5.79. The molecule has 3 rings (SSSR count). The average molecular weight is 297 g/mol. The van der Waals surface area contributed by atoms with E-state index < -0.39 is 0 Å². The largest absolute Gasteiger partial charge is 0.497 e. The number of methoxy groups -OCH3 is 2. The summed E-state index contributed by atoms with van der Waals surface area (Å²) in [7, 11) is 3.09. The molecule has 2 aromatic carbocycles. The number of rotatable bonds is 4. The van der Waals surface area contributed by atoms with E-state index in [1.54, 1.807) is 7.11 Å². The molecule has 4 nitrogen and oxygen atoms in total. The SMILES string of the molecule is COC(=O)C1c2ccccc2CN1Cc1ccc(OC)cc1. The van der Waals surface area contributed by atoms with Crippen LogP contribution < -0.4 is 4.74 Å². The first-order chi connectivity index (χ1) is 10.7. The van der Waals surface area contributed by atoms with Crippen LogP contribution in [0.1, 0.15) is 22.7 Å². The Labute approximate surface area is 130 Å². The summed E-state index contributed by atoms with van der Waals surface area (Å²) in [6.07, 6.45) is 0. The van der Waals surface area contributed by atoms with Gasteiger partial charge in [-0.3, -0.25) is 4.90 Å². The van der Waals surface area contributed by atoms with E-state index in [1.165, 1.54) is 12.7 Å². The van der Waals surface area contributed by atoms with Crippen molar-refractivity contribution in [2.75, 3.05) is 14.2 Å². The number of carbonyl (C=O) groups is 1. The van der Waals surface area contributed by atoms with Gasteiger partial charge in [0.15, 0.2) is 0 Å². The van der Waals surface area contributed by atoms with Gasteiger partial charge in [-0.05, 0) is 28.8 Å². The van der Waals surface area contributed by atoms with Crippen LogP contribution in [0.2, 0.25) is 0 Å². The van der Waals surface area contributed by atoms with Gasteiger partial charge < -0.3 is 9.47 Å². The van der Waals surface area contributed by atoms with E-state index in [0.717, 1.165) is 23.4 Å². The van der Waals surface area contributed by atoms with Gasteiger partial charge in [0.2, 0.25) is 0 Å². The molecule has 0 saturated carbocycles. The lowest BCUT2D eigenvalue weighted by Gasteiger charge is -2.23. The number of hydrogen-bond donors (Lipinski definition) is 0. The molecule has 0 radical (unpaired) electrons. The molecule has 1 aliphatic heterocycles. The summed E-state index contributed by atoms with van der Waals surface area (Å²) in [5, 5.41) is 0. The third kappa shape index (κ3) is 2.70. The van der Waals surface area contributed by atoms with Crippen LogP contribution >= 0.6 is 0 Å². The Bertz CT molecular complexity index is 666. The number of nitrogens with zero attached hydrogens (tertiary/aromatic N) is 1. The van der Waals surface area contributed by atoms with Crippen LogP contribution in [0.3, 0.4) is 0 Å². The molecule has 0 fully saturated rings. The highest BCUT2D eigenvalue weighted by Gasteiger charge is 2.35. The fourth-order valence-electron chi connectivity index (χ4n) is 2.95. The molecule has 1 unspecified atom stereocenters. The number of carbonyl (C=O) groups excluding carboxylic acids is 1. The lowest BCUT2D eigenvalue weighted by molar-refractivity contribution is -0.147. The van der Waals surface area contributed by atoms with E-state index in [4.69, 9.17) is 9.47 Å². The maximum atomic E-state index is 12.2. The molecule has 4 heteroatoms. The first-order valence-corrected chi connectivity index (χ1v) is 7.25. The summed E-state index contributed by atoms with van der Waals surface area (Å²) < 4.78 is 10.2. The highest BCUT2D eigenvalue weighted by atomic mass is 16.5. The first-order valence-electron chi connectivity index (χ1n) is 7.25. The zero-order valence-electron chi connectivity index (χ0n) is 12.8. The summed E-state index contributed by atoms with van der Waals surface area (Å²) in [4.78, 5) is 14.3. The molecule has 0 aliphatic carbocycles. The predicted octanol–water partition coefficient (Wildman–Crippen LogP) is 2.93. The van der Waals surface area contributed by atoms with E-state index in [2.05, 4.69) is 11.0 Å².